The van der Waals surface area contributed by atoms with Crippen molar-refractivity contribution in [3.8, 4) is 0 Å². The van der Waals surface area contributed by atoms with E-state index in [0.717, 1.165) is 52.4 Å². The van der Waals surface area contributed by atoms with Crippen molar-refractivity contribution in [1.82, 2.24) is 4.90 Å². The highest BCUT2D eigenvalue weighted by Crippen LogP contribution is 2.68. The van der Waals surface area contributed by atoms with Crippen molar-refractivity contribution in [2.24, 2.45) is 5.92 Å². The number of anilines is 2. The molecular formula is C34H29N3O3. The minimum atomic E-state index is -1.42. The van der Waals surface area contributed by atoms with Gasteiger partial charge in [-0.25, -0.2) is 0 Å². The number of ketones is 1. The molecule has 198 valence electrons. The molecule has 4 aliphatic heterocycles. The number of hydrogen-bond donors (Lipinski definition) is 2. The molecule has 0 aliphatic carbocycles. The van der Waals surface area contributed by atoms with Crippen LogP contribution in [0.4, 0.5) is 11.4 Å². The summed E-state index contributed by atoms with van der Waals surface area (Å²) in [5, 5.41) is 8.37. The normalized spacial score (nSPS) is 28.1. The monoisotopic (exact) mass is 527 g/mol. The van der Waals surface area contributed by atoms with Crippen LogP contribution in [0.1, 0.15) is 46.8 Å². The SMILES string of the molecule is CCc1cccc2c1NC(=O)[C@]21N2CCC[C@@H]2[C@H](C(=O)c2ccc3ccccc3c2)[C@]12C(=O)Nc1ccccc12. The van der Waals surface area contributed by atoms with Gasteiger partial charge in [0.25, 0.3) is 5.91 Å². The number of nitrogens with zero attached hydrogens (tertiary/aromatic N) is 1. The predicted molar refractivity (Wildman–Crippen MR) is 154 cm³/mol. The number of benzene rings is 4. The zero-order valence-electron chi connectivity index (χ0n) is 22.2. The highest BCUT2D eigenvalue weighted by Gasteiger charge is 2.81. The largest absolute Gasteiger partial charge is 0.325 e. The van der Waals surface area contributed by atoms with E-state index < -0.39 is 16.9 Å². The molecule has 2 saturated heterocycles. The summed E-state index contributed by atoms with van der Waals surface area (Å²) >= 11 is 0. The average molecular weight is 528 g/mol. The zero-order valence-corrected chi connectivity index (χ0v) is 22.2. The molecule has 2 amide bonds. The standard InChI is InChI=1S/C34H29N3O3/c1-2-20-11-7-13-25-29(20)36-32(40)34(25)33(24-12-5-6-14-26(24)35-31(33)39)28(27-15-8-18-37(27)34)30(38)23-17-16-21-9-3-4-10-22(21)19-23/h3-7,9-14,16-17,19,27-28H,2,8,15,18H2,1H3,(H,35,39)(H,36,40)/t27-,28-,33-,34-/m1/s1. The molecule has 4 aromatic rings. The minimum absolute atomic E-state index is 0.0840. The molecule has 4 aliphatic rings. The maximum atomic E-state index is 14.9. The Hall–Kier alpha value is -4.29. The number of carbonyl (C=O) groups is 3. The lowest BCUT2D eigenvalue weighted by Crippen LogP contribution is -2.62. The summed E-state index contributed by atoms with van der Waals surface area (Å²) in [6.07, 6.45) is 2.36. The number of Topliss-reactive ketones (excluding diaryl/α,β-unsaturated/α-hetero) is 1. The van der Waals surface area contributed by atoms with Crippen molar-refractivity contribution in [1.29, 1.82) is 0 Å². The number of amides is 2. The maximum Gasteiger partial charge on any atom is 0.251 e. The summed E-state index contributed by atoms with van der Waals surface area (Å²) < 4.78 is 0. The second kappa shape index (κ2) is 8.12. The molecule has 6 heteroatoms. The molecule has 6 nitrogen and oxygen atoms in total. The number of carbonyl (C=O) groups excluding carboxylic acids is 3. The molecule has 4 aromatic carbocycles. The lowest BCUT2D eigenvalue weighted by atomic mass is 9.57. The lowest BCUT2D eigenvalue weighted by molar-refractivity contribution is -0.137. The summed E-state index contributed by atoms with van der Waals surface area (Å²) in [5.41, 5.74) is 1.87. The first-order chi connectivity index (χ1) is 19.5. The van der Waals surface area contributed by atoms with Crippen LogP contribution in [-0.2, 0) is 27.0 Å². The Bertz CT molecular complexity index is 1780. The van der Waals surface area contributed by atoms with Crippen molar-refractivity contribution in [3.63, 3.8) is 0 Å². The van der Waals surface area contributed by atoms with Crippen molar-refractivity contribution < 1.29 is 14.4 Å². The van der Waals surface area contributed by atoms with E-state index in [9.17, 15) is 14.4 Å². The van der Waals surface area contributed by atoms with Gasteiger partial charge in [0.15, 0.2) is 5.78 Å². The molecule has 0 bridgehead atoms. The van der Waals surface area contributed by atoms with E-state index >= 15 is 0 Å². The smallest absolute Gasteiger partial charge is 0.251 e. The van der Waals surface area contributed by atoms with Gasteiger partial charge in [-0.05, 0) is 59.8 Å². The maximum absolute atomic E-state index is 14.9. The van der Waals surface area contributed by atoms with E-state index in [0.29, 0.717) is 17.8 Å². The lowest BCUT2D eigenvalue weighted by Gasteiger charge is -2.43. The highest BCUT2D eigenvalue weighted by atomic mass is 16.2. The van der Waals surface area contributed by atoms with Crippen LogP contribution in [0, 0.1) is 5.92 Å². The third kappa shape index (κ3) is 2.60. The van der Waals surface area contributed by atoms with Gasteiger partial charge in [0.1, 0.15) is 11.0 Å². The Kier molecular flexibility index (Phi) is 4.79. The van der Waals surface area contributed by atoms with Gasteiger partial charge in [-0.1, -0.05) is 79.7 Å². The van der Waals surface area contributed by atoms with Crippen molar-refractivity contribution in [2.75, 3.05) is 17.2 Å². The van der Waals surface area contributed by atoms with E-state index in [4.69, 9.17) is 0 Å². The Balaban J connectivity index is 1.45. The van der Waals surface area contributed by atoms with Gasteiger partial charge >= 0.3 is 0 Å². The van der Waals surface area contributed by atoms with Gasteiger partial charge in [0.2, 0.25) is 5.91 Å². The first-order valence-corrected chi connectivity index (χ1v) is 14.2. The van der Waals surface area contributed by atoms with E-state index in [2.05, 4.69) is 22.5 Å². The quantitative estimate of drug-likeness (QED) is 0.349. The Morgan fingerprint density at radius 1 is 0.875 bits per heavy atom. The molecule has 0 unspecified atom stereocenters. The number of para-hydroxylation sites is 2. The average Bonchev–Trinajstić information content (AvgIpc) is 3.71. The predicted octanol–water partition coefficient (Wildman–Crippen LogP) is 5.42. The molecule has 0 saturated carbocycles. The van der Waals surface area contributed by atoms with Crippen LogP contribution in [0.3, 0.4) is 0 Å². The molecule has 40 heavy (non-hydrogen) atoms. The molecule has 4 atom stereocenters. The number of fused-ring (bicyclic) bond motifs is 8. The second-order valence-corrected chi connectivity index (χ2v) is 11.5. The van der Waals surface area contributed by atoms with Crippen LogP contribution in [0.25, 0.3) is 10.8 Å². The van der Waals surface area contributed by atoms with Gasteiger partial charge in [-0.2, -0.15) is 0 Å². The fourth-order valence-corrected chi connectivity index (χ4v) is 8.48. The third-order valence-corrected chi connectivity index (χ3v) is 9.92. The van der Waals surface area contributed by atoms with Crippen LogP contribution in [0.2, 0.25) is 0 Å². The fraction of sp³-hybridized carbons (Fsp3) is 0.265. The van der Waals surface area contributed by atoms with E-state index in [1.54, 1.807) is 0 Å². The zero-order chi connectivity index (χ0) is 27.2. The van der Waals surface area contributed by atoms with Crippen molar-refractivity contribution >= 4 is 39.7 Å². The van der Waals surface area contributed by atoms with Crippen molar-refractivity contribution in [3.05, 3.63) is 107 Å². The highest BCUT2D eigenvalue weighted by molar-refractivity contribution is 6.21. The number of nitrogens with one attached hydrogen (secondary N) is 2. The molecule has 2 N–H and O–H groups in total. The molecule has 0 radical (unpaired) electrons. The van der Waals surface area contributed by atoms with Gasteiger partial charge in [0, 0.05) is 28.5 Å². The first-order valence-electron chi connectivity index (χ1n) is 14.2. The summed E-state index contributed by atoms with van der Waals surface area (Å²) in [7, 11) is 0. The molecule has 0 aromatic heterocycles. The molecule has 4 heterocycles. The van der Waals surface area contributed by atoms with Crippen LogP contribution >= 0.6 is 0 Å². The Morgan fingerprint density at radius 2 is 1.65 bits per heavy atom. The van der Waals surface area contributed by atoms with Crippen LogP contribution in [-0.4, -0.2) is 35.1 Å². The molecule has 8 rings (SSSR count). The van der Waals surface area contributed by atoms with Gasteiger partial charge in [-0.3, -0.25) is 19.3 Å². The van der Waals surface area contributed by atoms with Crippen molar-refractivity contribution in [2.45, 2.75) is 43.2 Å². The van der Waals surface area contributed by atoms with E-state index in [-0.39, 0.29) is 23.6 Å². The number of hydrogen-bond acceptors (Lipinski definition) is 4. The molecule has 2 fully saturated rings. The van der Waals surface area contributed by atoms with Crippen LogP contribution in [0.15, 0.2) is 84.9 Å². The molecule has 2 spiro atoms. The summed E-state index contributed by atoms with van der Waals surface area (Å²) in [4.78, 5) is 46.4. The van der Waals surface area contributed by atoms with Crippen LogP contribution in [0.5, 0.6) is 0 Å². The van der Waals surface area contributed by atoms with Crippen LogP contribution < -0.4 is 10.6 Å². The van der Waals surface area contributed by atoms with Gasteiger partial charge < -0.3 is 10.6 Å². The van der Waals surface area contributed by atoms with Gasteiger partial charge in [0.05, 0.1) is 5.92 Å². The number of rotatable bonds is 3. The summed E-state index contributed by atoms with van der Waals surface area (Å²) in [5.74, 6) is -1.30. The summed E-state index contributed by atoms with van der Waals surface area (Å²) in [6.45, 7) is 2.71. The van der Waals surface area contributed by atoms with E-state index in [1.165, 1.54) is 0 Å². The first kappa shape index (κ1) is 23.6. The van der Waals surface area contributed by atoms with E-state index in [1.807, 2.05) is 84.9 Å². The second-order valence-electron chi connectivity index (χ2n) is 11.5. The Morgan fingerprint density at radius 3 is 2.50 bits per heavy atom. The Labute approximate surface area is 232 Å². The topological polar surface area (TPSA) is 78.5 Å². The number of aryl methyl sites for hydroxylation is 1. The fourth-order valence-electron chi connectivity index (χ4n) is 8.48. The minimum Gasteiger partial charge on any atom is -0.325 e. The third-order valence-electron chi connectivity index (χ3n) is 9.92. The summed E-state index contributed by atoms with van der Waals surface area (Å²) in [6, 6.07) is 27.1. The van der Waals surface area contributed by atoms with Gasteiger partial charge in [-0.15, -0.1) is 0 Å². The molecular weight excluding hydrogens is 498 g/mol.